The van der Waals surface area contributed by atoms with Crippen LogP contribution < -0.4 is 33.2 Å². The van der Waals surface area contributed by atoms with Crippen LogP contribution in [0.1, 0.15) is 46.5 Å². The second-order valence-electron chi connectivity index (χ2n) is 20.1. The maximum Gasteiger partial charge on any atom is 0.431 e. The minimum Gasteiger partial charge on any atom is -0.442 e. The summed E-state index contributed by atoms with van der Waals surface area (Å²) >= 11 is 0. The maximum atomic E-state index is 11.6. The fraction of sp³-hybridized carbons (Fsp3) is 0.809. The summed E-state index contributed by atoms with van der Waals surface area (Å²) in [5.41, 5.74) is 8.72. The zero-order valence-corrected chi connectivity index (χ0v) is 47.0. The van der Waals surface area contributed by atoms with Gasteiger partial charge in [0.05, 0.1) is 39.4 Å². The number of imide groups is 2. The lowest BCUT2D eigenvalue weighted by atomic mass is 10.2. The molecule has 7 amide bonds. The van der Waals surface area contributed by atoms with Crippen molar-refractivity contribution in [3.05, 3.63) is 0 Å². The van der Waals surface area contributed by atoms with Crippen LogP contribution in [0.15, 0.2) is 0 Å². The topological polar surface area (TPSA) is 353 Å². The first-order valence-electron chi connectivity index (χ1n) is 26.3. The minimum absolute atomic E-state index is 0.0230. The first-order valence-corrected chi connectivity index (χ1v) is 26.3. The van der Waals surface area contributed by atoms with Crippen LogP contribution in [0.4, 0.5) is 4.79 Å². The smallest absolute Gasteiger partial charge is 0.431 e. The SMILES string of the molecule is CC(C)(C)OC(=O)NOCCN.CN1CCN([13CH2][13C](=[18O])NCCNO)CC1.CN1CCN([13CH2][13C](=[18O])[18O]N2C(=O)CCC2=O)CC1.CN1CC[15N]([13CH2]C(=O)NCCON)[13CH2][13CH2]1.CN1CC[15N]([13CH2]C(=O)ON2C(=O)CCC2=O)[13CH2][13CH2]1. The Labute approximate surface area is 458 Å². The van der Waals surface area contributed by atoms with Crippen LogP contribution in [-0.2, 0) is 62.4 Å². The number of carbonyl (C=O) groups excluding carboxylic acids is 9. The van der Waals surface area contributed by atoms with Crippen LogP contribution in [0, 0.1) is 0 Å². The van der Waals surface area contributed by atoms with Crippen molar-refractivity contribution < 1.29 is 72.4 Å². The molecule has 0 atom stereocenters. The van der Waals surface area contributed by atoms with Gasteiger partial charge in [-0.15, -0.1) is 10.1 Å². The highest BCUT2D eigenvalue weighted by Gasteiger charge is 2.34. The van der Waals surface area contributed by atoms with Gasteiger partial charge in [-0.3, -0.25) is 53.2 Å². The number of nitrogens with zero attached hydrogens (tertiary/aromatic N) is 10. The second kappa shape index (κ2) is 38.5. The van der Waals surface area contributed by atoms with E-state index in [-0.39, 0.29) is 57.2 Å². The zero-order valence-electron chi connectivity index (χ0n) is 47.0. The molecule has 0 saturated carbocycles. The van der Waals surface area contributed by atoms with E-state index in [1.165, 1.54) is 0 Å². The highest BCUT2D eigenvalue weighted by atomic mass is 18.5. The summed E-state index contributed by atoms with van der Waals surface area (Å²) in [5.74, 6) is 2.05. The number of ether oxygens (including phenoxy) is 1. The number of hydroxylamine groups is 6. The van der Waals surface area contributed by atoms with E-state index in [4.69, 9.17) is 31.2 Å². The van der Waals surface area contributed by atoms with E-state index < -0.39 is 47.3 Å². The third-order valence-electron chi connectivity index (χ3n) is 12.1. The number of amides is 7. The Kier molecular flexibility index (Phi) is 34.0. The molecule has 31 heteroatoms. The van der Waals surface area contributed by atoms with Gasteiger partial charge in [0.2, 0.25) is 11.8 Å². The fourth-order valence-corrected chi connectivity index (χ4v) is 7.46. The lowest BCUT2D eigenvalue weighted by Gasteiger charge is -2.31. The van der Waals surface area contributed by atoms with Crippen molar-refractivity contribution in [2.75, 3.05) is 198 Å². The molecule has 6 aliphatic rings. The van der Waals surface area contributed by atoms with Crippen molar-refractivity contribution >= 4 is 53.5 Å². The number of hydrogen-bond donors (Lipinski definition) is 7. The van der Waals surface area contributed by atoms with Gasteiger partial charge in [0.25, 0.3) is 23.6 Å². The van der Waals surface area contributed by atoms with Crippen LogP contribution in [0.3, 0.4) is 0 Å². The summed E-state index contributed by atoms with van der Waals surface area (Å²) in [7, 11) is 8.23. The molecule has 9 N–H and O–H groups in total. The van der Waals surface area contributed by atoms with E-state index in [0.29, 0.717) is 56.0 Å². The summed E-state index contributed by atoms with van der Waals surface area (Å²) < 4.78 is 4.87. The van der Waals surface area contributed by atoms with Crippen LogP contribution >= 0.6 is 0 Å². The Morgan fingerprint density at radius 3 is 1.47 bits per heavy atom. The van der Waals surface area contributed by atoms with Crippen LogP contribution in [0.2, 0.25) is 0 Å². The third kappa shape index (κ3) is 31.5. The first-order chi connectivity index (χ1) is 37.0. The summed E-state index contributed by atoms with van der Waals surface area (Å²) in [6.07, 6.45) is -0.0985. The first kappa shape index (κ1) is 69.0. The number of carbonyl (C=O) groups is 9. The summed E-state index contributed by atoms with van der Waals surface area (Å²) in [4.78, 5) is 138. The quantitative estimate of drug-likeness (QED) is 0.0159. The van der Waals surface area contributed by atoms with Crippen molar-refractivity contribution in [2.45, 2.75) is 52.1 Å². The Balaban J connectivity index is 0.000000336. The number of hydrogen-bond acceptors (Lipinski definition) is 26. The Morgan fingerprint density at radius 2 is 1.04 bits per heavy atom. The van der Waals surface area contributed by atoms with E-state index in [1.807, 2.05) is 29.4 Å². The molecule has 0 aliphatic carbocycles. The van der Waals surface area contributed by atoms with E-state index in [2.05, 4.69) is 69.3 Å². The normalized spacial score (nSPS) is 19.5. The van der Waals surface area contributed by atoms with Gasteiger partial charge in [-0.05, 0) is 49.0 Å². The van der Waals surface area contributed by atoms with E-state index in [1.54, 1.807) is 20.8 Å². The van der Waals surface area contributed by atoms with Crippen molar-refractivity contribution in [1.29, 1.82) is 0 Å². The molecule has 6 aliphatic heterocycles. The monoisotopic (exact) mass is 1140 g/mol. The molecule has 0 radical (unpaired) electrons. The number of likely N-dealkylation sites (N-methyl/N-ethyl adjacent to an activating group) is 4. The fourth-order valence-electron chi connectivity index (χ4n) is 7.46. The molecule has 0 spiro atoms. The number of nitrogens with one attached hydrogen (secondary N) is 4. The van der Waals surface area contributed by atoms with Crippen molar-refractivity contribution in [3.63, 3.8) is 0 Å². The highest BCUT2D eigenvalue weighted by Crippen LogP contribution is 2.14. The summed E-state index contributed by atoms with van der Waals surface area (Å²) in [6.45, 7) is 23.4. The molecule has 6 heterocycles. The Morgan fingerprint density at radius 1 is 0.603 bits per heavy atom. The van der Waals surface area contributed by atoms with E-state index >= 15 is 0 Å². The van der Waals surface area contributed by atoms with Crippen molar-refractivity contribution in [1.82, 2.24) is 70.9 Å². The molecule has 6 saturated heterocycles. The zero-order chi connectivity index (χ0) is 58.0. The largest absolute Gasteiger partial charge is 0.442 e. The van der Waals surface area contributed by atoms with E-state index in [9.17, 15) is 43.2 Å². The predicted molar refractivity (Wildman–Crippen MR) is 280 cm³/mol. The van der Waals surface area contributed by atoms with Gasteiger partial charge in [-0.25, -0.2) is 25.8 Å². The highest BCUT2D eigenvalue weighted by molar-refractivity contribution is 6.02. The van der Waals surface area contributed by atoms with Gasteiger partial charge in [0.15, 0.2) is 0 Å². The predicted octanol–water partition coefficient (Wildman–Crippen LogP) is -5.35. The summed E-state index contributed by atoms with van der Waals surface area (Å²) in [6, 6.07) is 0. The number of rotatable bonds is 19. The average molecular weight is 1140 g/mol. The molecule has 0 aromatic carbocycles. The van der Waals surface area contributed by atoms with Crippen molar-refractivity contribution in [2.24, 2.45) is 11.6 Å². The molecular weight excluding hydrogens is 1050 g/mol. The number of nitrogens with two attached hydrogens (primary N) is 2. The van der Waals surface area contributed by atoms with Crippen LogP contribution in [0.5, 0.6) is 0 Å². The van der Waals surface area contributed by atoms with Gasteiger partial charge in [-0.1, -0.05) is 0 Å². The molecule has 0 bridgehead atoms. The maximum absolute atomic E-state index is 11.6. The van der Waals surface area contributed by atoms with Gasteiger partial charge in [-0.2, -0.15) is 5.48 Å². The third-order valence-corrected chi connectivity index (χ3v) is 12.1. The van der Waals surface area contributed by atoms with Gasteiger partial charge < -0.3 is 60.4 Å². The molecule has 78 heavy (non-hydrogen) atoms. The van der Waals surface area contributed by atoms with Gasteiger partial charge in [0, 0.05) is 157 Å². The van der Waals surface area contributed by atoms with Gasteiger partial charge in [0.1, 0.15) is 5.60 Å². The molecule has 31 nitrogen and oxygen atoms in total. The molecule has 448 valence electrons. The number of piperazine rings is 4. The van der Waals surface area contributed by atoms with Crippen molar-refractivity contribution in [3.8, 4) is 0 Å². The lowest BCUT2D eigenvalue weighted by molar-refractivity contribution is -0.198. The second-order valence-corrected chi connectivity index (χ2v) is 20.1. The summed E-state index contributed by atoms with van der Waals surface area (Å²) in [5, 5.41) is 15.0. The molecule has 6 rings (SSSR count). The minimum atomic E-state index is -0.601. The molecule has 6 fully saturated rings. The molecule has 0 aromatic heterocycles. The Bertz CT molecular complexity index is 1690. The standard InChI is InChI=1S/2C11H17N3O4.2C9H20N4O2.C7H16N2O3/c2*1-12-4-6-13(7-5-12)8-11(17)18-14-9(15)2-3-10(14)16;1-12-3-5-13(6-4-12)8-9(14)11-2-7-15-10;1-12-4-6-13(7-5-12)8-9(14)10-2-3-11-15;1-7(2,3)12-6(10)9-11-5-4-8/h2*2-8H2,1H3;2-8,10H2,1H3,(H,11,14);11,15H,2-8H2,1H3,(H,10,14);4-5,8H2,1-3H3,(H,9,10)/i8+1,11+1,17+2,18+2;4+1,6+1,8+1,13+1;3+1,5+1,8+1,13+1;8+1,9+1,14+2;. The molecule has 0 aromatic rings. The van der Waals surface area contributed by atoms with Crippen LogP contribution in [-0.4, -0.2) is 312 Å². The van der Waals surface area contributed by atoms with Gasteiger partial charge >= 0.3 is 18.0 Å². The average Bonchev–Trinajstić information content (AvgIpc) is 3.87. The Hall–Kier alpha value is -5.13. The molecular formula is C47H90N16O15. The molecule has 0 unspecified atom stereocenters. The van der Waals surface area contributed by atoms with Crippen LogP contribution in [0.25, 0.3) is 0 Å². The lowest BCUT2D eigenvalue weighted by Crippen LogP contribution is -2.48. The van der Waals surface area contributed by atoms with E-state index in [0.717, 1.165) is 105 Å².